The second-order valence-electron chi connectivity index (χ2n) is 5.88. The van der Waals surface area contributed by atoms with Gasteiger partial charge >= 0.3 is 0 Å². The molecule has 0 bridgehead atoms. The molecule has 1 amide bonds. The molecule has 4 heteroatoms. The Labute approximate surface area is 117 Å². The molecule has 0 aromatic heterocycles. The SMILES string of the molecule is CCC1CCCCCN1C(=O)CN1CCCNCC1. The van der Waals surface area contributed by atoms with Gasteiger partial charge < -0.3 is 10.2 Å². The minimum Gasteiger partial charge on any atom is -0.339 e. The van der Waals surface area contributed by atoms with Crippen LogP contribution in [0.2, 0.25) is 0 Å². The van der Waals surface area contributed by atoms with E-state index in [0.29, 0.717) is 18.5 Å². The summed E-state index contributed by atoms with van der Waals surface area (Å²) in [5, 5.41) is 3.39. The van der Waals surface area contributed by atoms with Gasteiger partial charge in [0.05, 0.1) is 6.54 Å². The van der Waals surface area contributed by atoms with E-state index in [1.807, 2.05) is 0 Å². The van der Waals surface area contributed by atoms with E-state index in [9.17, 15) is 4.79 Å². The van der Waals surface area contributed by atoms with Crippen LogP contribution in [0.1, 0.15) is 45.4 Å². The Morgan fingerprint density at radius 3 is 2.84 bits per heavy atom. The summed E-state index contributed by atoms with van der Waals surface area (Å²) < 4.78 is 0. The lowest BCUT2D eigenvalue weighted by Gasteiger charge is -2.31. The summed E-state index contributed by atoms with van der Waals surface area (Å²) in [5.74, 6) is 0.357. The minimum atomic E-state index is 0.357. The molecule has 1 unspecified atom stereocenters. The zero-order valence-electron chi connectivity index (χ0n) is 12.4. The lowest BCUT2D eigenvalue weighted by molar-refractivity contribution is -0.134. The van der Waals surface area contributed by atoms with Crippen LogP contribution in [0.4, 0.5) is 0 Å². The van der Waals surface area contributed by atoms with Crippen LogP contribution in [0.15, 0.2) is 0 Å². The maximum atomic E-state index is 12.6. The van der Waals surface area contributed by atoms with E-state index in [-0.39, 0.29) is 0 Å². The monoisotopic (exact) mass is 267 g/mol. The number of nitrogens with zero attached hydrogens (tertiary/aromatic N) is 2. The van der Waals surface area contributed by atoms with Crippen molar-refractivity contribution in [3.05, 3.63) is 0 Å². The number of carbonyl (C=O) groups is 1. The minimum absolute atomic E-state index is 0.357. The van der Waals surface area contributed by atoms with Gasteiger partial charge in [0.1, 0.15) is 0 Å². The summed E-state index contributed by atoms with van der Waals surface area (Å²) in [7, 11) is 0. The van der Waals surface area contributed by atoms with Crippen molar-refractivity contribution in [1.29, 1.82) is 0 Å². The summed E-state index contributed by atoms with van der Waals surface area (Å²) in [4.78, 5) is 17.1. The molecule has 0 aromatic carbocycles. The largest absolute Gasteiger partial charge is 0.339 e. The first-order chi connectivity index (χ1) is 9.31. The molecule has 2 rings (SSSR count). The van der Waals surface area contributed by atoms with Crippen molar-refractivity contribution in [2.45, 2.75) is 51.5 Å². The Balaban J connectivity index is 1.88. The zero-order chi connectivity index (χ0) is 13.5. The second-order valence-corrected chi connectivity index (χ2v) is 5.88. The summed E-state index contributed by atoms with van der Waals surface area (Å²) in [6.45, 7) is 7.99. The molecule has 0 aromatic rings. The fraction of sp³-hybridized carbons (Fsp3) is 0.933. The molecule has 1 atom stereocenters. The number of likely N-dealkylation sites (tertiary alicyclic amines) is 1. The van der Waals surface area contributed by atoms with Crippen LogP contribution < -0.4 is 5.32 Å². The van der Waals surface area contributed by atoms with E-state index in [1.165, 1.54) is 25.7 Å². The average molecular weight is 267 g/mol. The Morgan fingerprint density at radius 2 is 2.00 bits per heavy atom. The third-order valence-corrected chi connectivity index (χ3v) is 4.46. The topological polar surface area (TPSA) is 35.6 Å². The second kappa shape index (κ2) is 7.85. The number of hydrogen-bond donors (Lipinski definition) is 1. The van der Waals surface area contributed by atoms with Gasteiger partial charge in [0.2, 0.25) is 5.91 Å². The van der Waals surface area contributed by atoms with E-state index in [4.69, 9.17) is 0 Å². The highest BCUT2D eigenvalue weighted by Crippen LogP contribution is 2.19. The van der Waals surface area contributed by atoms with E-state index >= 15 is 0 Å². The Bertz CT molecular complexity index is 275. The fourth-order valence-electron chi connectivity index (χ4n) is 3.27. The molecule has 0 aliphatic carbocycles. The van der Waals surface area contributed by atoms with Crippen molar-refractivity contribution >= 4 is 5.91 Å². The van der Waals surface area contributed by atoms with Gasteiger partial charge in [-0.05, 0) is 38.8 Å². The summed E-state index contributed by atoms with van der Waals surface area (Å²) in [5.41, 5.74) is 0. The molecule has 2 fully saturated rings. The van der Waals surface area contributed by atoms with Gasteiger partial charge in [0.15, 0.2) is 0 Å². The first-order valence-electron chi connectivity index (χ1n) is 8.04. The molecule has 0 spiro atoms. The normalized spacial score (nSPS) is 26.8. The van der Waals surface area contributed by atoms with Crippen LogP contribution in [0, 0.1) is 0 Å². The fourth-order valence-corrected chi connectivity index (χ4v) is 3.27. The predicted molar refractivity (Wildman–Crippen MR) is 78.2 cm³/mol. The quantitative estimate of drug-likeness (QED) is 0.841. The van der Waals surface area contributed by atoms with Gasteiger partial charge in [0.25, 0.3) is 0 Å². The number of nitrogens with one attached hydrogen (secondary N) is 1. The molecule has 2 aliphatic rings. The molecule has 110 valence electrons. The van der Waals surface area contributed by atoms with Crippen LogP contribution >= 0.6 is 0 Å². The van der Waals surface area contributed by atoms with Crippen molar-refractivity contribution in [3.8, 4) is 0 Å². The summed E-state index contributed by atoms with van der Waals surface area (Å²) >= 11 is 0. The summed E-state index contributed by atoms with van der Waals surface area (Å²) in [6.07, 6.45) is 7.22. The maximum absolute atomic E-state index is 12.6. The highest BCUT2D eigenvalue weighted by atomic mass is 16.2. The molecule has 0 radical (unpaired) electrons. The van der Waals surface area contributed by atoms with Gasteiger partial charge in [-0.2, -0.15) is 0 Å². The number of rotatable bonds is 3. The zero-order valence-corrected chi connectivity index (χ0v) is 12.4. The third kappa shape index (κ3) is 4.46. The van der Waals surface area contributed by atoms with Crippen molar-refractivity contribution < 1.29 is 4.79 Å². The number of hydrogen-bond acceptors (Lipinski definition) is 3. The van der Waals surface area contributed by atoms with Gasteiger partial charge in [-0.3, -0.25) is 9.69 Å². The average Bonchev–Trinajstić information content (AvgIpc) is 2.80. The Hall–Kier alpha value is -0.610. The van der Waals surface area contributed by atoms with Crippen molar-refractivity contribution in [1.82, 2.24) is 15.1 Å². The maximum Gasteiger partial charge on any atom is 0.236 e. The lowest BCUT2D eigenvalue weighted by Crippen LogP contribution is -2.46. The molecule has 2 aliphatic heterocycles. The van der Waals surface area contributed by atoms with Crippen LogP contribution in [0.3, 0.4) is 0 Å². The lowest BCUT2D eigenvalue weighted by atomic mass is 10.1. The van der Waals surface area contributed by atoms with E-state index in [2.05, 4.69) is 22.0 Å². The molecular weight excluding hydrogens is 238 g/mol. The van der Waals surface area contributed by atoms with Crippen molar-refractivity contribution in [3.63, 3.8) is 0 Å². The van der Waals surface area contributed by atoms with Crippen molar-refractivity contribution in [2.75, 3.05) is 39.3 Å². The predicted octanol–water partition coefficient (Wildman–Crippen LogP) is 1.46. The number of carbonyl (C=O) groups excluding carboxylic acids is 1. The highest BCUT2D eigenvalue weighted by molar-refractivity contribution is 5.78. The first kappa shape index (κ1) is 14.8. The van der Waals surface area contributed by atoms with E-state index in [0.717, 1.165) is 45.6 Å². The van der Waals surface area contributed by atoms with Crippen LogP contribution in [0.25, 0.3) is 0 Å². The first-order valence-corrected chi connectivity index (χ1v) is 8.04. The Morgan fingerprint density at radius 1 is 1.11 bits per heavy atom. The van der Waals surface area contributed by atoms with Crippen LogP contribution in [-0.4, -0.2) is 61.0 Å². The highest BCUT2D eigenvalue weighted by Gasteiger charge is 2.25. The van der Waals surface area contributed by atoms with Crippen molar-refractivity contribution in [2.24, 2.45) is 0 Å². The molecule has 2 heterocycles. The smallest absolute Gasteiger partial charge is 0.236 e. The Kier molecular flexibility index (Phi) is 6.11. The molecular formula is C15H29N3O. The molecule has 1 N–H and O–H groups in total. The van der Waals surface area contributed by atoms with Crippen LogP contribution in [-0.2, 0) is 4.79 Å². The van der Waals surface area contributed by atoms with E-state index in [1.54, 1.807) is 0 Å². The third-order valence-electron chi connectivity index (χ3n) is 4.46. The molecule has 2 saturated heterocycles. The van der Waals surface area contributed by atoms with Gasteiger partial charge in [0, 0.05) is 25.7 Å². The van der Waals surface area contributed by atoms with E-state index < -0.39 is 0 Å². The summed E-state index contributed by atoms with van der Waals surface area (Å²) in [6, 6.07) is 0.486. The van der Waals surface area contributed by atoms with Crippen LogP contribution in [0.5, 0.6) is 0 Å². The van der Waals surface area contributed by atoms with Gasteiger partial charge in [-0.1, -0.05) is 19.8 Å². The standard InChI is InChI=1S/C15H29N3O/c1-2-14-7-4-3-5-11-18(14)15(19)13-17-10-6-8-16-9-12-17/h14,16H,2-13H2,1H3. The number of amides is 1. The van der Waals surface area contributed by atoms with Gasteiger partial charge in [-0.25, -0.2) is 0 Å². The molecule has 4 nitrogen and oxygen atoms in total. The van der Waals surface area contributed by atoms with Gasteiger partial charge in [-0.15, -0.1) is 0 Å². The molecule has 0 saturated carbocycles. The molecule has 19 heavy (non-hydrogen) atoms.